The molecule has 64 valence electrons. The van der Waals surface area contributed by atoms with Gasteiger partial charge in [-0.3, -0.25) is 0 Å². The molecule has 4 heteroatoms. The van der Waals surface area contributed by atoms with Gasteiger partial charge in [-0.1, -0.05) is 6.07 Å². The fourth-order valence-corrected chi connectivity index (χ4v) is 1.34. The van der Waals surface area contributed by atoms with Crippen LogP contribution in [-0.4, -0.2) is 0 Å². The first kappa shape index (κ1) is 7.54. The van der Waals surface area contributed by atoms with E-state index < -0.39 is 0 Å². The number of benzene rings is 1. The van der Waals surface area contributed by atoms with Gasteiger partial charge < -0.3 is 16.9 Å². The van der Waals surface area contributed by atoms with Crippen LogP contribution in [0.2, 0.25) is 0 Å². The summed E-state index contributed by atoms with van der Waals surface area (Å²) in [6, 6.07) is 6.00. The van der Waals surface area contributed by atoms with Gasteiger partial charge >= 0.3 is 0 Å². The maximum absolute atomic E-state index is 5.76. The van der Waals surface area contributed by atoms with Gasteiger partial charge in [0.25, 0.3) is 0 Å². The summed E-state index contributed by atoms with van der Waals surface area (Å²) in [5.41, 5.74) is 20.4. The Labute approximate surface area is 70.9 Å². The molecule has 0 aromatic heterocycles. The highest BCUT2D eigenvalue weighted by molar-refractivity contribution is 5.56. The zero-order valence-corrected chi connectivity index (χ0v) is 6.67. The molecule has 1 aromatic carbocycles. The Balaban J connectivity index is 2.43. The zero-order chi connectivity index (χ0) is 8.55. The first-order chi connectivity index (χ1) is 5.81. The van der Waals surface area contributed by atoms with Crippen LogP contribution in [0.1, 0.15) is 17.3 Å². The molecule has 0 fully saturated rings. The number of anilines is 1. The molecule has 1 heterocycles. The maximum Gasteiger partial charge on any atom is 0.100 e. The first-order valence-corrected chi connectivity index (χ1v) is 3.91. The SMILES string of the molecule is NCc1ccc2c(c1)C(N)NN2. The van der Waals surface area contributed by atoms with E-state index in [0.29, 0.717) is 6.54 Å². The minimum atomic E-state index is -0.119. The molecule has 0 aliphatic carbocycles. The highest BCUT2D eigenvalue weighted by Gasteiger charge is 2.17. The van der Waals surface area contributed by atoms with Gasteiger partial charge in [-0.05, 0) is 17.7 Å². The van der Waals surface area contributed by atoms with E-state index in [1.54, 1.807) is 0 Å². The van der Waals surface area contributed by atoms with Gasteiger partial charge in [-0.15, -0.1) is 0 Å². The third-order valence-electron chi connectivity index (χ3n) is 2.05. The molecule has 0 radical (unpaired) electrons. The number of fused-ring (bicyclic) bond motifs is 1. The Bertz CT molecular complexity index is 297. The average Bonchev–Trinajstić information content (AvgIpc) is 2.47. The third-order valence-corrected chi connectivity index (χ3v) is 2.05. The van der Waals surface area contributed by atoms with E-state index in [1.807, 2.05) is 18.2 Å². The fourth-order valence-electron chi connectivity index (χ4n) is 1.34. The fraction of sp³-hybridized carbons (Fsp3) is 0.250. The zero-order valence-electron chi connectivity index (χ0n) is 6.67. The predicted molar refractivity (Wildman–Crippen MR) is 48.0 cm³/mol. The van der Waals surface area contributed by atoms with E-state index in [2.05, 4.69) is 10.9 Å². The Hall–Kier alpha value is -1.10. The van der Waals surface area contributed by atoms with E-state index >= 15 is 0 Å². The molecule has 12 heavy (non-hydrogen) atoms. The normalized spacial score (nSPS) is 20.3. The molecule has 1 aliphatic heterocycles. The molecule has 0 amide bonds. The Kier molecular flexibility index (Phi) is 1.73. The van der Waals surface area contributed by atoms with Crippen molar-refractivity contribution in [2.45, 2.75) is 12.7 Å². The van der Waals surface area contributed by atoms with Crippen LogP contribution in [0.5, 0.6) is 0 Å². The summed E-state index contributed by atoms with van der Waals surface area (Å²) >= 11 is 0. The van der Waals surface area contributed by atoms with Crippen molar-refractivity contribution < 1.29 is 0 Å². The lowest BCUT2D eigenvalue weighted by Gasteiger charge is -2.03. The van der Waals surface area contributed by atoms with Gasteiger partial charge in [0.2, 0.25) is 0 Å². The second kappa shape index (κ2) is 2.75. The molecule has 1 aromatic rings. The number of nitrogens with one attached hydrogen (secondary N) is 2. The number of nitrogens with two attached hydrogens (primary N) is 2. The monoisotopic (exact) mass is 164 g/mol. The van der Waals surface area contributed by atoms with E-state index in [9.17, 15) is 0 Å². The van der Waals surface area contributed by atoms with Crippen LogP contribution in [0.25, 0.3) is 0 Å². The van der Waals surface area contributed by atoms with Crippen LogP contribution in [0, 0.1) is 0 Å². The lowest BCUT2D eigenvalue weighted by atomic mass is 10.1. The van der Waals surface area contributed by atoms with Crippen molar-refractivity contribution in [2.24, 2.45) is 11.5 Å². The van der Waals surface area contributed by atoms with Crippen LogP contribution in [0.3, 0.4) is 0 Å². The maximum atomic E-state index is 5.76. The van der Waals surface area contributed by atoms with Gasteiger partial charge in [0.1, 0.15) is 6.17 Å². The highest BCUT2D eigenvalue weighted by atomic mass is 15.4. The Morgan fingerprint density at radius 1 is 1.42 bits per heavy atom. The molecule has 0 saturated heterocycles. The molecule has 1 aliphatic rings. The summed E-state index contributed by atoms with van der Waals surface area (Å²) in [6.07, 6.45) is -0.119. The molecule has 4 nitrogen and oxygen atoms in total. The molecule has 6 N–H and O–H groups in total. The van der Waals surface area contributed by atoms with Crippen molar-refractivity contribution in [3.8, 4) is 0 Å². The summed E-state index contributed by atoms with van der Waals surface area (Å²) in [5.74, 6) is 0. The van der Waals surface area contributed by atoms with E-state index in [0.717, 1.165) is 16.8 Å². The van der Waals surface area contributed by atoms with E-state index in [1.165, 1.54) is 0 Å². The summed E-state index contributed by atoms with van der Waals surface area (Å²) in [7, 11) is 0. The molecule has 0 spiro atoms. The third kappa shape index (κ3) is 1.06. The number of hydrazine groups is 1. The number of hydrogen-bond donors (Lipinski definition) is 4. The summed E-state index contributed by atoms with van der Waals surface area (Å²) in [6.45, 7) is 0.556. The predicted octanol–water partition coefficient (Wildman–Crippen LogP) is 0.0327. The van der Waals surface area contributed by atoms with Gasteiger partial charge in [0.15, 0.2) is 0 Å². The molecule has 1 atom stereocenters. The molecule has 1 unspecified atom stereocenters. The Morgan fingerprint density at radius 3 is 3.00 bits per heavy atom. The standard InChI is InChI=1S/C8H12N4/c9-4-5-1-2-7-6(3-5)8(10)12-11-7/h1-3,8,11-12H,4,9-10H2. The van der Waals surface area contributed by atoms with Crippen molar-refractivity contribution in [3.63, 3.8) is 0 Å². The first-order valence-electron chi connectivity index (χ1n) is 3.91. The van der Waals surface area contributed by atoms with Crippen molar-refractivity contribution in [2.75, 3.05) is 5.43 Å². The second-order valence-corrected chi connectivity index (χ2v) is 2.87. The highest BCUT2D eigenvalue weighted by Crippen LogP contribution is 2.25. The average molecular weight is 164 g/mol. The number of hydrogen-bond acceptors (Lipinski definition) is 4. The quantitative estimate of drug-likeness (QED) is 0.472. The van der Waals surface area contributed by atoms with Crippen LogP contribution < -0.4 is 22.3 Å². The van der Waals surface area contributed by atoms with Crippen LogP contribution in [0.15, 0.2) is 18.2 Å². The molecule has 0 saturated carbocycles. The second-order valence-electron chi connectivity index (χ2n) is 2.87. The van der Waals surface area contributed by atoms with Gasteiger partial charge in [0, 0.05) is 12.1 Å². The van der Waals surface area contributed by atoms with Gasteiger partial charge in [-0.25, -0.2) is 5.43 Å². The summed E-state index contributed by atoms with van der Waals surface area (Å²) in [4.78, 5) is 0. The van der Waals surface area contributed by atoms with Crippen LogP contribution in [0.4, 0.5) is 5.69 Å². The van der Waals surface area contributed by atoms with Crippen molar-refractivity contribution >= 4 is 5.69 Å². The topological polar surface area (TPSA) is 76.1 Å². The van der Waals surface area contributed by atoms with E-state index in [4.69, 9.17) is 11.5 Å². The largest absolute Gasteiger partial charge is 0.326 e. The number of rotatable bonds is 1. The van der Waals surface area contributed by atoms with Gasteiger partial charge in [0.05, 0.1) is 5.69 Å². The smallest absolute Gasteiger partial charge is 0.100 e. The molecule has 2 rings (SSSR count). The molecule has 0 bridgehead atoms. The van der Waals surface area contributed by atoms with Crippen LogP contribution in [-0.2, 0) is 6.54 Å². The van der Waals surface area contributed by atoms with Crippen LogP contribution >= 0.6 is 0 Å². The summed E-state index contributed by atoms with van der Waals surface area (Å²) < 4.78 is 0. The lowest BCUT2D eigenvalue weighted by Crippen LogP contribution is -2.25. The lowest BCUT2D eigenvalue weighted by molar-refractivity contribution is 0.655. The molecular formula is C8H12N4. The minimum absolute atomic E-state index is 0.119. The van der Waals surface area contributed by atoms with Crippen molar-refractivity contribution in [3.05, 3.63) is 29.3 Å². The molecular weight excluding hydrogens is 152 g/mol. The van der Waals surface area contributed by atoms with Crippen molar-refractivity contribution in [1.82, 2.24) is 5.43 Å². The Morgan fingerprint density at radius 2 is 2.25 bits per heavy atom. The van der Waals surface area contributed by atoms with E-state index in [-0.39, 0.29) is 6.17 Å². The minimum Gasteiger partial charge on any atom is -0.326 e. The summed E-state index contributed by atoms with van der Waals surface area (Å²) in [5, 5.41) is 0. The van der Waals surface area contributed by atoms with Crippen molar-refractivity contribution in [1.29, 1.82) is 0 Å². The van der Waals surface area contributed by atoms with Gasteiger partial charge in [-0.2, -0.15) is 0 Å².